The van der Waals surface area contributed by atoms with Crippen LogP contribution in [-0.2, 0) is 5.41 Å². The average Bonchev–Trinajstić information content (AvgIpc) is 2.12. The molecule has 0 unspecified atom stereocenters. The Bertz CT molecular complexity index is 447. The van der Waals surface area contributed by atoms with Crippen LogP contribution in [-0.4, -0.2) is 0 Å². The number of benzene rings is 1. The van der Waals surface area contributed by atoms with E-state index in [1.54, 1.807) is 0 Å². The van der Waals surface area contributed by atoms with Gasteiger partial charge >= 0.3 is 0 Å². The van der Waals surface area contributed by atoms with Crippen molar-refractivity contribution >= 4 is 11.6 Å². The van der Waals surface area contributed by atoms with E-state index in [2.05, 4.69) is 6.07 Å². The maximum absolute atomic E-state index is 13.5. The fourth-order valence-corrected chi connectivity index (χ4v) is 2.01. The van der Waals surface area contributed by atoms with Gasteiger partial charge in [-0.25, -0.2) is 8.78 Å². The van der Waals surface area contributed by atoms with Gasteiger partial charge in [0.15, 0.2) is 0 Å². The monoisotopic (exact) mass is 227 g/mol. The second-order valence-corrected chi connectivity index (χ2v) is 4.20. The molecule has 1 aromatic rings. The highest BCUT2D eigenvalue weighted by molar-refractivity contribution is 6.30. The van der Waals surface area contributed by atoms with E-state index < -0.39 is 17.0 Å². The number of hydrogen-bond donors (Lipinski definition) is 0. The highest BCUT2D eigenvalue weighted by Gasteiger charge is 2.41. The summed E-state index contributed by atoms with van der Waals surface area (Å²) in [7, 11) is 0. The molecule has 1 nitrogen and oxygen atoms in total. The van der Waals surface area contributed by atoms with Crippen LogP contribution in [0.15, 0.2) is 12.1 Å². The molecular formula is C11H8ClF2N. The van der Waals surface area contributed by atoms with Crippen molar-refractivity contribution in [2.24, 2.45) is 0 Å². The van der Waals surface area contributed by atoms with Gasteiger partial charge in [-0.15, -0.1) is 0 Å². The third-order valence-corrected chi connectivity index (χ3v) is 3.24. The minimum atomic E-state index is -0.838. The van der Waals surface area contributed by atoms with Gasteiger partial charge in [0, 0.05) is 5.56 Å². The van der Waals surface area contributed by atoms with Crippen molar-refractivity contribution in [1.82, 2.24) is 0 Å². The summed E-state index contributed by atoms with van der Waals surface area (Å²) in [6.07, 6.45) is 2.04. The molecule has 0 amide bonds. The third-order valence-electron chi connectivity index (χ3n) is 2.95. The molecule has 0 bridgehead atoms. The Hall–Kier alpha value is -1.14. The maximum atomic E-state index is 13.5. The second-order valence-electron chi connectivity index (χ2n) is 3.79. The second kappa shape index (κ2) is 3.46. The molecule has 78 valence electrons. The smallest absolute Gasteiger partial charge is 0.142 e. The number of halogens is 3. The quantitative estimate of drug-likeness (QED) is 0.673. The normalized spacial score (nSPS) is 18.0. The molecule has 0 spiro atoms. The van der Waals surface area contributed by atoms with Crippen molar-refractivity contribution in [3.63, 3.8) is 0 Å². The van der Waals surface area contributed by atoms with E-state index in [4.69, 9.17) is 16.9 Å². The van der Waals surface area contributed by atoms with E-state index in [1.807, 2.05) is 0 Å². The molecule has 1 fully saturated rings. The number of rotatable bonds is 1. The molecule has 1 aromatic carbocycles. The van der Waals surface area contributed by atoms with E-state index in [0.717, 1.165) is 18.6 Å². The van der Waals surface area contributed by atoms with Crippen molar-refractivity contribution in [2.75, 3.05) is 0 Å². The molecule has 0 saturated heterocycles. The number of hydrogen-bond acceptors (Lipinski definition) is 1. The average molecular weight is 228 g/mol. The first-order valence-electron chi connectivity index (χ1n) is 4.65. The SMILES string of the molecule is N#CC1(c2cc(F)c(Cl)cc2F)CCC1. The van der Waals surface area contributed by atoms with E-state index in [1.165, 1.54) is 0 Å². The van der Waals surface area contributed by atoms with Gasteiger partial charge in [-0.3, -0.25) is 0 Å². The third kappa shape index (κ3) is 1.49. The summed E-state index contributed by atoms with van der Waals surface area (Å²) < 4.78 is 26.7. The molecule has 0 aliphatic heterocycles. The minimum absolute atomic E-state index is 0.137. The van der Waals surface area contributed by atoms with Crippen LogP contribution in [0.4, 0.5) is 8.78 Å². The Morgan fingerprint density at radius 2 is 1.93 bits per heavy atom. The van der Waals surface area contributed by atoms with Crippen LogP contribution in [0.5, 0.6) is 0 Å². The fourth-order valence-electron chi connectivity index (χ4n) is 1.86. The first kappa shape index (κ1) is 10.4. The molecule has 1 aliphatic rings. The van der Waals surface area contributed by atoms with Crippen molar-refractivity contribution in [3.05, 3.63) is 34.4 Å². The largest absolute Gasteiger partial charge is 0.207 e. The maximum Gasteiger partial charge on any atom is 0.142 e. The molecular weight excluding hydrogens is 220 g/mol. The lowest BCUT2D eigenvalue weighted by atomic mass is 9.65. The van der Waals surface area contributed by atoms with E-state index in [-0.39, 0.29) is 10.6 Å². The van der Waals surface area contributed by atoms with Gasteiger partial charge in [0.05, 0.1) is 16.5 Å². The fraction of sp³-hybridized carbons (Fsp3) is 0.364. The van der Waals surface area contributed by atoms with Gasteiger partial charge in [0.25, 0.3) is 0 Å². The van der Waals surface area contributed by atoms with Gasteiger partial charge in [-0.05, 0) is 31.4 Å². The molecule has 0 N–H and O–H groups in total. The van der Waals surface area contributed by atoms with Crippen molar-refractivity contribution < 1.29 is 8.78 Å². The highest BCUT2D eigenvalue weighted by atomic mass is 35.5. The Balaban J connectivity index is 2.54. The summed E-state index contributed by atoms with van der Waals surface area (Å²) in [6.45, 7) is 0. The molecule has 2 rings (SSSR count). The number of nitriles is 1. The van der Waals surface area contributed by atoms with Crippen molar-refractivity contribution in [3.8, 4) is 6.07 Å². The van der Waals surface area contributed by atoms with Crippen LogP contribution in [0.2, 0.25) is 5.02 Å². The van der Waals surface area contributed by atoms with Crippen LogP contribution in [0, 0.1) is 23.0 Å². The summed E-state index contributed by atoms with van der Waals surface area (Å²) in [5.41, 5.74) is -0.701. The Labute approximate surface area is 91.3 Å². The van der Waals surface area contributed by atoms with E-state index in [9.17, 15) is 8.78 Å². The van der Waals surface area contributed by atoms with Gasteiger partial charge in [0.1, 0.15) is 11.6 Å². The first-order valence-corrected chi connectivity index (χ1v) is 5.03. The van der Waals surface area contributed by atoms with Crippen LogP contribution in [0.3, 0.4) is 0 Å². The Kier molecular flexibility index (Phi) is 2.40. The van der Waals surface area contributed by atoms with Crippen LogP contribution in [0.25, 0.3) is 0 Å². The zero-order valence-electron chi connectivity index (χ0n) is 7.86. The molecule has 1 aliphatic carbocycles. The molecule has 0 radical (unpaired) electrons. The lowest BCUT2D eigenvalue weighted by Gasteiger charge is -2.35. The summed E-state index contributed by atoms with van der Waals surface area (Å²) in [4.78, 5) is 0. The van der Waals surface area contributed by atoms with Crippen molar-refractivity contribution in [2.45, 2.75) is 24.7 Å². The molecule has 0 atom stereocenters. The van der Waals surface area contributed by atoms with E-state index >= 15 is 0 Å². The lowest BCUT2D eigenvalue weighted by molar-refractivity contribution is 0.312. The number of nitrogens with zero attached hydrogens (tertiary/aromatic N) is 1. The highest BCUT2D eigenvalue weighted by Crippen LogP contribution is 2.44. The van der Waals surface area contributed by atoms with Crippen LogP contribution < -0.4 is 0 Å². The molecule has 0 heterocycles. The first-order chi connectivity index (χ1) is 7.09. The summed E-state index contributed by atoms with van der Waals surface area (Å²) in [5, 5.41) is 8.76. The van der Waals surface area contributed by atoms with Gasteiger partial charge in [-0.1, -0.05) is 11.6 Å². The Morgan fingerprint density at radius 1 is 1.27 bits per heavy atom. The summed E-state index contributed by atoms with van der Waals surface area (Å²) in [6, 6.07) is 4.04. The van der Waals surface area contributed by atoms with Crippen LogP contribution >= 0.6 is 11.6 Å². The molecule has 1 saturated carbocycles. The standard InChI is InChI=1S/C11H8ClF2N/c12-8-5-9(13)7(4-10(8)14)11(6-15)2-1-3-11/h4-5H,1-3H2. The van der Waals surface area contributed by atoms with Gasteiger partial charge < -0.3 is 0 Å². The summed E-state index contributed by atoms with van der Waals surface area (Å²) >= 11 is 5.44. The predicted molar refractivity (Wildman–Crippen MR) is 52.5 cm³/mol. The minimum Gasteiger partial charge on any atom is -0.207 e. The van der Waals surface area contributed by atoms with Gasteiger partial charge in [-0.2, -0.15) is 5.26 Å². The zero-order valence-corrected chi connectivity index (χ0v) is 8.61. The molecule has 4 heteroatoms. The topological polar surface area (TPSA) is 23.8 Å². The van der Waals surface area contributed by atoms with Gasteiger partial charge in [0.2, 0.25) is 0 Å². The molecule has 0 aromatic heterocycles. The summed E-state index contributed by atoms with van der Waals surface area (Å²) in [5.74, 6) is -1.27. The zero-order chi connectivity index (χ0) is 11.1. The Morgan fingerprint density at radius 3 is 2.40 bits per heavy atom. The molecule has 15 heavy (non-hydrogen) atoms. The lowest BCUT2D eigenvalue weighted by Crippen LogP contribution is -2.33. The van der Waals surface area contributed by atoms with Crippen molar-refractivity contribution in [1.29, 1.82) is 5.26 Å². The van der Waals surface area contributed by atoms with E-state index in [0.29, 0.717) is 12.8 Å². The predicted octanol–water partition coefficient (Wildman–Crippen LogP) is 3.56. The van der Waals surface area contributed by atoms with Crippen LogP contribution in [0.1, 0.15) is 24.8 Å².